The highest BCUT2D eigenvalue weighted by Gasteiger charge is 2.38. The molecule has 13 rings (SSSR count). The molecule has 1 aliphatic carbocycles. The van der Waals surface area contributed by atoms with Crippen molar-refractivity contribution in [3.05, 3.63) is 162 Å². The van der Waals surface area contributed by atoms with E-state index in [1.165, 1.54) is 88.3 Å². The zero-order chi connectivity index (χ0) is 43.6. The van der Waals surface area contributed by atoms with Crippen molar-refractivity contribution in [1.82, 2.24) is 4.57 Å². The van der Waals surface area contributed by atoms with Crippen LogP contribution in [0.4, 0.5) is 11.4 Å². The lowest BCUT2D eigenvalue weighted by Gasteiger charge is -2.26. The van der Waals surface area contributed by atoms with Crippen molar-refractivity contribution in [3.63, 3.8) is 0 Å². The first-order chi connectivity index (χ1) is 30.7. The van der Waals surface area contributed by atoms with E-state index in [-0.39, 0.29) is 16.2 Å². The Bertz CT molecular complexity index is 3820. The molecule has 5 heteroatoms. The van der Waals surface area contributed by atoms with E-state index in [4.69, 9.17) is 8.83 Å². The number of benzene rings is 8. The quantitative estimate of drug-likeness (QED) is 0.180. The molecule has 0 unspecified atom stereocenters. The third kappa shape index (κ3) is 5.18. The SMILES string of the molecule is CC(C)(C)c1ccc(Nc2cc3c(cc2-c2ccc4c5c6c(ccc5n5c4c2Bc2cc4oc7ccccc7c4cc2-5)oc2ccccc26)-c2ccc(C(C)(C)C)cc2C3(C)C)cc1. The predicted octanol–water partition coefficient (Wildman–Crippen LogP) is 14.6. The minimum absolute atomic E-state index is 0.0477. The Morgan fingerprint density at radius 2 is 1.19 bits per heavy atom. The molecule has 64 heavy (non-hydrogen) atoms. The molecule has 0 saturated heterocycles. The van der Waals surface area contributed by atoms with Crippen LogP contribution < -0.4 is 16.2 Å². The van der Waals surface area contributed by atoms with E-state index in [1.54, 1.807) is 0 Å². The van der Waals surface area contributed by atoms with Gasteiger partial charge in [-0.1, -0.05) is 140 Å². The van der Waals surface area contributed by atoms with Crippen LogP contribution >= 0.6 is 0 Å². The van der Waals surface area contributed by atoms with Gasteiger partial charge in [0.2, 0.25) is 0 Å². The first kappa shape index (κ1) is 37.6. The summed E-state index contributed by atoms with van der Waals surface area (Å²) in [6.45, 7) is 18.6. The number of hydrogen-bond donors (Lipinski definition) is 1. The topological polar surface area (TPSA) is 43.2 Å². The van der Waals surface area contributed by atoms with E-state index in [0.29, 0.717) is 0 Å². The molecule has 0 atom stereocenters. The normalized spacial score (nSPS) is 14.2. The molecule has 8 aromatic carbocycles. The number of anilines is 2. The third-order valence-corrected chi connectivity index (χ3v) is 14.7. The van der Waals surface area contributed by atoms with Gasteiger partial charge in [-0.05, 0) is 116 Å². The number of para-hydroxylation sites is 2. The Morgan fingerprint density at radius 3 is 1.95 bits per heavy atom. The summed E-state index contributed by atoms with van der Waals surface area (Å²) in [4.78, 5) is 0. The van der Waals surface area contributed by atoms with E-state index in [0.717, 1.165) is 57.1 Å². The fourth-order valence-corrected chi connectivity index (χ4v) is 11.3. The molecule has 0 fully saturated rings. The van der Waals surface area contributed by atoms with Crippen molar-refractivity contribution >= 4 is 95.3 Å². The summed E-state index contributed by atoms with van der Waals surface area (Å²) in [6, 6.07) is 51.9. The van der Waals surface area contributed by atoms with Gasteiger partial charge in [-0.3, -0.25) is 0 Å². The summed E-state index contributed by atoms with van der Waals surface area (Å²) >= 11 is 0. The van der Waals surface area contributed by atoms with Crippen LogP contribution in [0.1, 0.15) is 77.6 Å². The molecule has 0 amide bonds. The molecule has 4 heterocycles. The summed E-state index contributed by atoms with van der Waals surface area (Å²) in [6.07, 6.45) is 0. The molecule has 2 aliphatic rings. The van der Waals surface area contributed by atoms with Crippen LogP contribution in [0.15, 0.2) is 148 Å². The first-order valence-electron chi connectivity index (χ1n) is 22.8. The molecule has 1 aliphatic heterocycles. The standard InChI is InChI=1S/C59H49BN2O2/c1-57(2,3)32-17-20-34(21-18-32)61-46-30-44-40(35-22-19-33(58(4,5)6)27-43(35)59(44,7)8)28-41(46)37-23-24-39-53-47(25-26-51-54(53)38-14-10-12-16-50(38)63-51)62-48-29-42-36-13-9-11-15-49(36)64-52(42)31-45(48)60-55(37)56(39)62/h9-31,60-61H,1-8H3. The predicted molar refractivity (Wildman–Crippen MR) is 272 cm³/mol. The van der Waals surface area contributed by atoms with Crippen molar-refractivity contribution in [1.29, 1.82) is 0 Å². The van der Waals surface area contributed by atoms with Crippen LogP contribution in [0, 0.1) is 0 Å². The summed E-state index contributed by atoms with van der Waals surface area (Å²) < 4.78 is 15.7. The van der Waals surface area contributed by atoms with Crippen LogP contribution in [0.25, 0.3) is 93.6 Å². The van der Waals surface area contributed by atoms with Crippen molar-refractivity contribution in [2.24, 2.45) is 0 Å². The summed E-state index contributed by atoms with van der Waals surface area (Å²) in [7, 11) is 0.758. The number of nitrogens with zero attached hydrogens (tertiary/aromatic N) is 1. The molecule has 1 N–H and O–H groups in total. The highest BCUT2D eigenvalue weighted by atomic mass is 16.3. The largest absolute Gasteiger partial charge is 0.456 e. The van der Waals surface area contributed by atoms with E-state index in [1.807, 2.05) is 0 Å². The van der Waals surface area contributed by atoms with Crippen molar-refractivity contribution in [3.8, 4) is 27.9 Å². The number of hydrogen-bond acceptors (Lipinski definition) is 3. The molecule has 11 aromatic rings. The molecule has 310 valence electrons. The molecule has 0 radical (unpaired) electrons. The van der Waals surface area contributed by atoms with Gasteiger partial charge in [-0.2, -0.15) is 0 Å². The summed E-state index contributed by atoms with van der Waals surface area (Å²) in [5.41, 5.74) is 22.4. The van der Waals surface area contributed by atoms with Gasteiger partial charge in [0.1, 0.15) is 22.3 Å². The van der Waals surface area contributed by atoms with Crippen LogP contribution in [0.5, 0.6) is 0 Å². The Labute approximate surface area is 373 Å². The Kier molecular flexibility index (Phi) is 7.40. The van der Waals surface area contributed by atoms with Gasteiger partial charge in [0.05, 0.1) is 5.52 Å². The number of nitrogens with one attached hydrogen (secondary N) is 1. The highest BCUT2D eigenvalue weighted by molar-refractivity contribution is 6.74. The minimum Gasteiger partial charge on any atom is -0.456 e. The molecular formula is C59H49BN2O2. The van der Waals surface area contributed by atoms with E-state index >= 15 is 0 Å². The van der Waals surface area contributed by atoms with E-state index in [2.05, 4.69) is 205 Å². The smallest absolute Gasteiger partial charge is 0.198 e. The summed E-state index contributed by atoms with van der Waals surface area (Å²) in [5.74, 6) is 0. The van der Waals surface area contributed by atoms with E-state index in [9.17, 15) is 0 Å². The lowest BCUT2D eigenvalue weighted by molar-refractivity contribution is 0.584. The van der Waals surface area contributed by atoms with Gasteiger partial charge < -0.3 is 18.7 Å². The van der Waals surface area contributed by atoms with Gasteiger partial charge in [0, 0.05) is 65.9 Å². The maximum absolute atomic E-state index is 6.57. The average Bonchev–Trinajstić information content (AvgIpc) is 3.99. The van der Waals surface area contributed by atoms with Crippen molar-refractivity contribution in [2.45, 2.75) is 71.6 Å². The number of fused-ring (bicyclic) bond motifs is 15. The Balaban J connectivity index is 1.12. The van der Waals surface area contributed by atoms with Gasteiger partial charge in [0.25, 0.3) is 0 Å². The third-order valence-electron chi connectivity index (χ3n) is 14.7. The maximum atomic E-state index is 6.57. The number of rotatable bonds is 3. The van der Waals surface area contributed by atoms with Gasteiger partial charge in [0.15, 0.2) is 7.28 Å². The molecule has 3 aromatic heterocycles. The van der Waals surface area contributed by atoms with Crippen LogP contribution in [-0.2, 0) is 16.2 Å². The second kappa shape index (κ2) is 12.6. The lowest BCUT2D eigenvalue weighted by atomic mass is 9.59. The minimum atomic E-state index is -0.183. The zero-order valence-corrected chi connectivity index (χ0v) is 37.7. The fraction of sp³-hybridized carbons (Fsp3) is 0.186. The monoisotopic (exact) mass is 828 g/mol. The van der Waals surface area contributed by atoms with Gasteiger partial charge in [-0.15, -0.1) is 0 Å². The summed E-state index contributed by atoms with van der Waals surface area (Å²) in [5, 5.41) is 11.1. The van der Waals surface area contributed by atoms with Crippen LogP contribution in [-0.4, -0.2) is 11.8 Å². The van der Waals surface area contributed by atoms with Gasteiger partial charge in [-0.25, -0.2) is 0 Å². The fourth-order valence-electron chi connectivity index (χ4n) is 11.3. The van der Waals surface area contributed by atoms with Gasteiger partial charge >= 0.3 is 0 Å². The van der Waals surface area contributed by atoms with Crippen molar-refractivity contribution in [2.75, 3.05) is 5.32 Å². The second-order valence-corrected chi connectivity index (χ2v) is 21.0. The number of furan rings is 2. The molecule has 0 bridgehead atoms. The Morgan fingerprint density at radius 1 is 0.516 bits per heavy atom. The Hall–Kier alpha value is -6.98. The zero-order valence-electron chi connectivity index (χ0n) is 37.7. The molecule has 4 nitrogen and oxygen atoms in total. The first-order valence-corrected chi connectivity index (χ1v) is 22.8. The molecular weight excluding hydrogens is 779 g/mol. The lowest BCUT2D eigenvalue weighted by Crippen LogP contribution is -2.37. The molecule has 0 spiro atoms. The molecule has 0 saturated carbocycles. The van der Waals surface area contributed by atoms with Crippen LogP contribution in [0.3, 0.4) is 0 Å². The maximum Gasteiger partial charge on any atom is 0.198 e. The second-order valence-electron chi connectivity index (χ2n) is 21.0. The van der Waals surface area contributed by atoms with Crippen molar-refractivity contribution < 1.29 is 8.83 Å². The number of aromatic nitrogens is 1. The van der Waals surface area contributed by atoms with Crippen LogP contribution in [0.2, 0.25) is 0 Å². The average molecular weight is 829 g/mol. The highest BCUT2D eigenvalue weighted by Crippen LogP contribution is 2.53. The van der Waals surface area contributed by atoms with E-state index < -0.39 is 0 Å².